The van der Waals surface area contributed by atoms with E-state index in [4.69, 9.17) is 4.98 Å². The van der Waals surface area contributed by atoms with Crippen molar-refractivity contribution in [2.45, 2.75) is 26.7 Å². The molecule has 1 aliphatic heterocycles. The van der Waals surface area contributed by atoms with Gasteiger partial charge in [-0.15, -0.1) is 0 Å². The molecule has 128 valence electrons. The maximum atomic E-state index is 4.77. The monoisotopic (exact) mass is 333 g/mol. The zero-order chi connectivity index (χ0) is 17.2. The van der Waals surface area contributed by atoms with Crippen LogP contribution in [0.5, 0.6) is 0 Å². The van der Waals surface area contributed by atoms with Crippen LogP contribution in [0.1, 0.15) is 25.5 Å². The van der Waals surface area contributed by atoms with E-state index in [9.17, 15) is 0 Å². The fourth-order valence-electron chi connectivity index (χ4n) is 3.47. The number of piperidine rings is 1. The number of benzene rings is 1. The van der Waals surface area contributed by atoms with Crippen molar-refractivity contribution in [2.24, 2.45) is 5.92 Å². The minimum absolute atomic E-state index is 0.691. The van der Waals surface area contributed by atoms with Crippen LogP contribution < -0.4 is 10.2 Å². The van der Waals surface area contributed by atoms with Crippen molar-refractivity contribution < 1.29 is 0 Å². The molecular formula is C20H23N5. The molecule has 1 fully saturated rings. The van der Waals surface area contributed by atoms with Gasteiger partial charge in [0.25, 0.3) is 0 Å². The van der Waals surface area contributed by atoms with Crippen molar-refractivity contribution in [2.75, 3.05) is 23.3 Å². The number of fused-ring (bicyclic) bond motifs is 1. The second-order valence-corrected chi connectivity index (χ2v) is 6.89. The fraction of sp³-hybridized carbons (Fsp3) is 0.350. The molecule has 0 aliphatic carbocycles. The molecule has 1 aliphatic rings. The van der Waals surface area contributed by atoms with E-state index in [1.165, 1.54) is 12.8 Å². The molecule has 1 N–H and O–H groups in total. The molecule has 3 heterocycles. The topological polar surface area (TPSA) is 53.9 Å². The van der Waals surface area contributed by atoms with Crippen LogP contribution in [0.3, 0.4) is 0 Å². The van der Waals surface area contributed by atoms with Crippen molar-refractivity contribution >= 4 is 28.4 Å². The molecule has 1 atom stereocenters. The standard InChI is InChI=1S/C20H23N5/c1-14-6-5-11-25(13-14)20-22-15(2)12-18(24-20)23-17-9-3-7-16-8-4-10-21-19(16)17/h3-4,7-10,12,14H,5-6,11,13H2,1-2H3,(H,22,23,24). The SMILES string of the molecule is Cc1cc(Nc2cccc3cccnc23)nc(N2CCCC(C)C2)n1. The Bertz CT molecular complexity index is 887. The summed E-state index contributed by atoms with van der Waals surface area (Å²) in [5, 5.41) is 4.55. The number of nitrogens with one attached hydrogen (secondary N) is 1. The van der Waals surface area contributed by atoms with Gasteiger partial charge in [0.15, 0.2) is 0 Å². The first-order valence-electron chi connectivity index (χ1n) is 8.90. The molecule has 2 aromatic heterocycles. The van der Waals surface area contributed by atoms with E-state index in [1.807, 2.05) is 37.4 Å². The Kier molecular flexibility index (Phi) is 4.22. The molecule has 5 nitrogen and oxygen atoms in total. The Morgan fingerprint density at radius 2 is 2.04 bits per heavy atom. The maximum absolute atomic E-state index is 4.77. The van der Waals surface area contributed by atoms with E-state index in [-0.39, 0.29) is 0 Å². The molecule has 0 radical (unpaired) electrons. The third-order valence-corrected chi connectivity index (χ3v) is 4.68. The van der Waals surface area contributed by atoms with Gasteiger partial charge in [-0.2, -0.15) is 4.98 Å². The first-order valence-corrected chi connectivity index (χ1v) is 8.90. The first-order chi connectivity index (χ1) is 12.2. The van der Waals surface area contributed by atoms with Crippen molar-refractivity contribution in [3.05, 3.63) is 48.3 Å². The van der Waals surface area contributed by atoms with Crippen LogP contribution in [0.15, 0.2) is 42.6 Å². The number of para-hydroxylation sites is 1. The van der Waals surface area contributed by atoms with Crippen molar-refractivity contribution in [1.82, 2.24) is 15.0 Å². The highest BCUT2D eigenvalue weighted by Crippen LogP contribution is 2.26. The fourth-order valence-corrected chi connectivity index (χ4v) is 3.47. The lowest BCUT2D eigenvalue weighted by Crippen LogP contribution is -2.35. The van der Waals surface area contributed by atoms with Gasteiger partial charge in [-0.1, -0.05) is 25.1 Å². The summed E-state index contributed by atoms with van der Waals surface area (Å²) in [4.78, 5) is 16.2. The van der Waals surface area contributed by atoms with Crippen LogP contribution in [-0.4, -0.2) is 28.0 Å². The lowest BCUT2D eigenvalue weighted by Gasteiger charge is -2.31. The Hall–Kier alpha value is -2.69. The smallest absolute Gasteiger partial charge is 0.227 e. The third kappa shape index (κ3) is 3.40. The number of hydrogen-bond donors (Lipinski definition) is 1. The second-order valence-electron chi connectivity index (χ2n) is 6.89. The van der Waals surface area contributed by atoms with Gasteiger partial charge in [0.1, 0.15) is 5.82 Å². The molecule has 0 bridgehead atoms. The molecule has 0 spiro atoms. The number of pyridine rings is 1. The summed E-state index contributed by atoms with van der Waals surface area (Å²) >= 11 is 0. The van der Waals surface area contributed by atoms with E-state index in [1.54, 1.807) is 0 Å². The van der Waals surface area contributed by atoms with Crippen LogP contribution in [0, 0.1) is 12.8 Å². The number of aromatic nitrogens is 3. The molecule has 3 aromatic rings. The summed E-state index contributed by atoms with van der Waals surface area (Å²) in [7, 11) is 0. The molecule has 1 saturated heterocycles. The summed E-state index contributed by atoms with van der Waals surface area (Å²) in [5.41, 5.74) is 2.89. The Morgan fingerprint density at radius 1 is 1.16 bits per heavy atom. The van der Waals surface area contributed by atoms with E-state index >= 15 is 0 Å². The predicted molar refractivity (Wildman–Crippen MR) is 102 cm³/mol. The van der Waals surface area contributed by atoms with Gasteiger partial charge in [-0.05, 0) is 37.8 Å². The number of hydrogen-bond acceptors (Lipinski definition) is 5. The van der Waals surface area contributed by atoms with Crippen molar-refractivity contribution in [1.29, 1.82) is 0 Å². The van der Waals surface area contributed by atoms with Gasteiger partial charge >= 0.3 is 0 Å². The Labute approximate surface area is 148 Å². The quantitative estimate of drug-likeness (QED) is 0.774. The lowest BCUT2D eigenvalue weighted by molar-refractivity contribution is 0.442. The van der Waals surface area contributed by atoms with Crippen LogP contribution in [0.25, 0.3) is 10.9 Å². The molecule has 25 heavy (non-hydrogen) atoms. The summed E-state index contributed by atoms with van der Waals surface area (Å²) in [5.74, 6) is 2.33. The zero-order valence-corrected chi connectivity index (χ0v) is 14.7. The predicted octanol–water partition coefficient (Wildman–Crippen LogP) is 4.31. The van der Waals surface area contributed by atoms with Crippen molar-refractivity contribution in [3.63, 3.8) is 0 Å². The molecule has 0 amide bonds. The van der Waals surface area contributed by atoms with E-state index in [2.05, 4.69) is 39.2 Å². The van der Waals surface area contributed by atoms with E-state index in [0.717, 1.165) is 47.1 Å². The van der Waals surface area contributed by atoms with Gasteiger partial charge < -0.3 is 10.2 Å². The van der Waals surface area contributed by atoms with Gasteiger partial charge in [-0.3, -0.25) is 4.98 Å². The number of aryl methyl sites for hydroxylation is 1. The van der Waals surface area contributed by atoms with Gasteiger partial charge in [-0.25, -0.2) is 4.98 Å². The molecule has 5 heteroatoms. The summed E-state index contributed by atoms with van der Waals surface area (Å²) in [6.07, 6.45) is 4.31. The average molecular weight is 333 g/mol. The Morgan fingerprint density at radius 3 is 2.92 bits per heavy atom. The van der Waals surface area contributed by atoms with E-state index < -0.39 is 0 Å². The van der Waals surface area contributed by atoms with Crippen LogP contribution in [-0.2, 0) is 0 Å². The van der Waals surface area contributed by atoms with Crippen molar-refractivity contribution in [3.8, 4) is 0 Å². The Balaban J connectivity index is 1.66. The highest BCUT2D eigenvalue weighted by Gasteiger charge is 2.19. The lowest BCUT2D eigenvalue weighted by atomic mass is 10.0. The first kappa shape index (κ1) is 15.8. The highest BCUT2D eigenvalue weighted by molar-refractivity contribution is 5.91. The normalized spacial score (nSPS) is 17.7. The maximum Gasteiger partial charge on any atom is 0.227 e. The van der Waals surface area contributed by atoms with Crippen LogP contribution in [0.4, 0.5) is 17.5 Å². The molecule has 1 unspecified atom stereocenters. The minimum atomic E-state index is 0.691. The van der Waals surface area contributed by atoms with Crippen LogP contribution >= 0.6 is 0 Å². The second kappa shape index (κ2) is 6.67. The molecular weight excluding hydrogens is 310 g/mol. The number of anilines is 3. The average Bonchev–Trinajstić information content (AvgIpc) is 2.62. The minimum Gasteiger partial charge on any atom is -0.340 e. The summed E-state index contributed by atoms with van der Waals surface area (Å²) in [6.45, 7) is 6.37. The molecule has 1 aromatic carbocycles. The highest BCUT2D eigenvalue weighted by atomic mass is 15.3. The third-order valence-electron chi connectivity index (χ3n) is 4.68. The zero-order valence-electron chi connectivity index (χ0n) is 14.7. The summed E-state index contributed by atoms with van der Waals surface area (Å²) in [6, 6.07) is 12.1. The van der Waals surface area contributed by atoms with Gasteiger partial charge in [0, 0.05) is 36.4 Å². The van der Waals surface area contributed by atoms with Crippen LogP contribution in [0.2, 0.25) is 0 Å². The molecule has 4 rings (SSSR count). The number of nitrogens with zero attached hydrogens (tertiary/aromatic N) is 4. The largest absolute Gasteiger partial charge is 0.340 e. The molecule has 0 saturated carbocycles. The van der Waals surface area contributed by atoms with E-state index in [0.29, 0.717) is 5.92 Å². The number of rotatable bonds is 3. The van der Waals surface area contributed by atoms with Gasteiger partial charge in [0.05, 0.1) is 11.2 Å². The van der Waals surface area contributed by atoms with Gasteiger partial charge in [0.2, 0.25) is 5.95 Å². The summed E-state index contributed by atoms with van der Waals surface area (Å²) < 4.78 is 0.